The van der Waals surface area contributed by atoms with Gasteiger partial charge in [0.2, 0.25) is 0 Å². The Balaban J connectivity index is 3.13. The standard InChI is InChI=1S/C12H17NO4/c1-12(2,8-14)7-9-6-10(17-3)4-5-11(9)13(15)16/h4-6,14H,7-8H2,1-3H3. The number of aliphatic hydroxyl groups is 1. The van der Waals surface area contributed by atoms with Crippen molar-refractivity contribution in [1.82, 2.24) is 0 Å². The number of aliphatic hydroxyl groups excluding tert-OH is 1. The fourth-order valence-electron chi connectivity index (χ4n) is 1.58. The Kier molecular flexibility index (Phi) is 4.07. The molecule has 1 rings (SSSR count). The molecule has 1 aromatic rings. The lowest BCUT2D eigenvalue weighted by molar-refractivity contribution is -0.385. The summed E-state index contributed by atoms with van der Waals surface area (Å²) < 4.78 is 5.05. The molecule has 0 aromatic heterocycles. The van der Waals surface area contributed by atoms with E-state index in [4.69, 9.17) is 4.74 Å². The van der Waals surface area contributed by atoms with Gasteiger partial charge in [0, 0.05) is 18.2 Å². The minimum atomic E-state index is -0.414. The predicted molar refractivity (Wildman–Crippen MR) is 64.2 cm³/mol. The van der Waals surface area contributed by atoms with Gasteiger partial charge in [-0.25, -0.2) is 0 Å². The Morgan fingerprint density at radius 1 is 1.47 bits per heavy atom. The minimum Gasteiger partial charge on any atom is -0.497 e. The van der Waals surface area contributed by atoms with E-state index in [-0.39, 0.29) is 12.3 Å². The fourth-order valence-corrected chi connectivity index (χ4v) is 1.58. The van der Waals surface area contributed by atoms with Crippen LogP contribution >= 0.6 is 0 Å². The summed E-state index contributed by atoms with van der Waals surface area (Å²) in [5.74, 6) is 0.583. The molecule has 5 heteroatoms. The summed E-state index contributed by atoms with van der Waals surface area (Å²) in [5, 5.41) is 20.1. The molecule has 1 N–H and O–H groups in total. The lowest BCUT2D eigenvalue weighted by atomic mass is 9.86. The van der Waals surface area contributed by atoms with E-state index in [0.29, 0.717) is 17.7 Å². The first-order valence-electron chi connectivity index (χ1n) is 5.32. The Labute approximate surface area is 100 Å². The zero-order valence-electron chi connectivity index (χ0n) is 10.3. The van der Waals surface area contributed by atoms with Crippen molar-refractivity contribution in [3.63, 3.8) is 0 Å². The molecule has 5 nitrogen and oxygen atoms in total. The van der Waals surface area contributed by atoms with Gasteiger partial charge in [-0.3, -0.25) is 10.1 Å². The monoisotopic (exact) mass is 239 g/mol. The molecule has 0 aliphatic carbocycles. The zero-order chi connectivity index (χ0) is 13.1. The molecule has 1 aromatic carbocycles. The lowest BCUT2D eigenvalue weighted by Gasteiger charge is -2.21. The van der Waals surface area contributed by atoms with Crippen molar-refractivity contribution in [3.8, 4) is 5.75 Å². The van der Waals surface area contributed by atoms with Crippen molar-refractivity contribution in [1.29, 1.82) is 0 Å². The maximum absolute atomic E-state index is 10.9. The van der Waals surface area contributed by atoms with Crippen LogP contribution in [0.3, 0.4) is 0 Å². The average molecular weight is 239 g/mol. The number of hydrogen-bond acceptors (Lipinski definition) is 4. The zero-order valence-corrected chi connectivity index (χ0v) is 10.3. The number of benzene rings is 1. The SMILES string of the molecule is COc1ccc([N+](=O)[O-])c(CC(C)(C)CO)c1. The third-order valence-corrected chi connectivity index (χ3v) is 2.58. The van der Waals surface area contributed by atoms with Crippen LogP contribution in [0.4, 0.5) is 5.69 Å². The number of methoxy groups -OCH3 is 1. The highest BCUT2D eigenvalue weighted by atomic mass is 16.6. The average Bonchev–Trinajstić information content (AvgIpc) is 2.28. The normalized spacial score (nSPS) is 11.3. The number of rotatable bonds is 5. The summed E-state index contributed by atoms with van der Waals surface area (Å²) in [6, 6.07) is 4.64. The van der Waals surface area contributed by atoms with Crippen LogP contribution in [0.5, 0.6) is 5.75 Å². The molecule has 0 amide bonds. The third-order valence-electron chi connectivity index (χ3n) is 2.58. The second kappa shape index (κ2) is 5.14. The van der Waals surface area contributed by atoms with Crippen LogP contribution in [-0.2, 0) is 6.42 Å². The highest BCUT2D eigenvalue weighted by molar-refractivity contribution is 5.45. The number of nitro groups is 1. The second-order valence-corrected chi connectivity index (χ2v) is 4.75. The van der Waals surface area contributed by atoms with Crippen molar-refractivity contribution < 1.29 is 14.8 Å². The molecular formula is C12H17NO4. The molecular weight excluding hydrogens is 222 g/mol. The fraction of sp³-hybridized carbons (Fsp3) is 0.500. The number of nitro benzene ring substituents is 1. The van der Waals surface area contributed by atoms with E-state index in [1.54, 1.807) is 12.1 Å². The van der Waals surface area contributed by atoms with Gasteiger partial charge in [0.1, 0.15) is 5.75 Å². The van der Waals surface area contributed by atoms with Crippen molar-refractivity contribution >= 4 is 5.69 Å². The molecule has 0 atom stereocenters. The summed E-state index contributed by atoms with van der Waals surface area (Å²) in [6.45, 7) is 3.69. The van der Waals surface area contributed by atoms with E-state index in [2.05, 4.69) is 0 Å². The van der Waals surface area contributed by atoms with Gasteiger partial charge in [0.05, 0.1) is 12.0 Å². The lowest BCUT2D eigenvalue weighted by Crippen LogP contribution is -2.20. The summed E-state index contributed by atoms with van der Waals surface area (Å²) in [6.07, 6.45) is 0.428. The smallest absolute Gasteiger partial charge is 0.272 e. The molecule has 0 radical (unpaired) electrons. The topological polar surface area (TPSA) is 72.6 Å². The Morgan fingerprint density at radius 3 is 2.59 bits per heavy atom. The molecule has 94 valence electrons. The quantitative estimate of drug-likeness (QED) is 0.631. The van der Waals surface area contributed by atoms with Gasteiger partial charge in [-0.05, 0) is 24.0 Å². The van der Waals surface area contributed by atoms with Crippen LogP contribution in [-0.4, -0.2) is 23.7 Å². The van der Waals surface area contributed by atoms with E-state index in [0.717, 1.165) is 0 Å². The number of ether oxygens (including phenoxy) is 1. The van der Waals surface area contributed by atoms with Gasteiger partial charge in [0.25, 0.3) is 5.69 Å². The van der Waals surface area contributed by atoms with Crippen molar-refractivity contribution in [3.05, 3.63) is 33.9 Å². The first-order valence-corrected chi connectivity index (χ1v) is 5.32. The maximum Gasteiger partial charge on any atom is 0.272 e. The van der Waals surface area contributed by atoms with Crippen molar-refractivity contribution in [2.75, 3.05) is 13.7 Å². The number of nitrogens with zero attached hydrogens (tertiary/aromatic N) is 1. The van der Waals surface area contributed by atoms with E-state index in [1.807, 2.05) is 13.8 Å². The van der Waals surface area contributed by atoms with Gasteiger partial charge >= 0.3 is 0 Å². The van der Waals surface area contributed by atoms with Crippen LogP contribution in [0.2, 0.25) is 0 Å². The molecule has 0 saturated carbocycles. The van der Waals surface area contributed by atoms with Crippen LogP contribution in [0.1, 0.15) is 19.4 Å². The highest BCUT2D eigenvalue weighted by Gasteiger charge is 2.23. The molecule has 0 saturated heterocycles. The van der Waals surface area contributed by atoms with E-state index in [9.17, 15) is 15.2 Å². The van der Waals surface area contributed by atoms with Crippen LogP contribution in [0, 0.1) is 15.5 Å². The van der Waals surface area contributed by atoms with Gasteiger partial charge in [-0.15, -0.1) is 0 Å². The van der Waals surface area contributed by atoms with Crippen molar-refractivity contribution in [2.45, 2.75) is 20.3 Å². The minimum absolute atomic E-state index is 0.0264. The van der Waals surface area contributed by atoms with Gasteiger partial charge in [0.15, 0.2) is 0 Å². The van der Waals surface area contributed by atoms with E-state index >= 15 is 0 Å². The largest absolute Gasteiger partial charge is 0.497 e. The molecule has 0 spiro atoms. The Morgan fingerprint density at radius 2 is 2.12 bits per heavy atom. The van der Waals surface area contributed by atoms with Gasteiger partial charge in [-0.2, -0.15) is 0 Å². The summed E-state index contributed by atoms with van der Waals surface area (Å²) in [5.41, 5.74) is 0.248. The highest BCUT2D eigenvalue weighted by Crippen LogP contribution is 2.30. The van der Waals surface area contributed by atoms with Gasteiger partial charge in [-0.1, -0.05) is 13.8 Å². The maximum atomic E-state index is 10.9. The Bertz CT molecular complexity index is 415. The van der Waals surface area contributed by atoms with Gasteiger partial charge < -0.3 is 9.84 Å². The van der Waals surface area contributed by atoms with Crippen LogP contribution < -0.4 is 4.74 Å². The molecule has 0 heterocycles. The molecule has 17 heavy (non-hydrogen) atoms. The van der Waals surface area contributed by atoms with Crippen molar-refractivity contribution in [2.24, 2.45) is 5.41 Å². The molecule has 0 aliphatic rings. The Hall–Kier alpha value is -1.62. The molecule has 0 fully saturated rings. The third kappa shape index (κ3) is 3.42. The van der Waals surface area contributed by atoms with Crippen LogP contribution in [0.15, 0.2) is 18.2 Å². The predicted octanol–water partition coefficient (Wildman–Crippen LogP) is 2.16. The van der Waals surface area contributed by atoms with Crippen LogP contribution in [0.25, 0.3) is 0 Å². The van der Waals surface area contributed by atoms with E-state index < -0.39 is 10.3 Å². The number of hydrogen-bond donors (Lipinski definition) is 1. The summed E-state index contributed by atoms with van der Waals surface area (Å²) >= 11 is 0. The second-order valence-electron chi connectivity index (χ2n) is 4.75. The molecule has 0 unspecified atom stereocenters. The van der Waals surface area contributed by atoms with E-state index in [1.165, 1.54) is 13.2 Å². The first kappa shape index (κ1) is 13.4. The molecule has 0 aliphatic heterocycles. The summed E-state index contributed by atoms with van der Waals surface area (Å²) in [4.78, 5) is 10.5. The summed E-state index contributed by atoms with van der Waals surface area (Å²) in [7, 11) is 1.52. The first-order chi connectivity index (χ1) is 7.89. The molecule has 0 bridgehead atoms.